The number of carbonyl (C=O) groups is 2. The first-order valence-corrected chi connectivity index (χ1v) is 11.5. The van der Waals surface area contributed by atoms with Gasteiger partial charge in [0.1, 0.15) is 11.4 Å². The van der Waals surface area contributed by atoms with Gasteiger partial charge in [0.05, 0.1) is 12.2 Å². The highest BCUT2D eigenvalue weighted by molar-refractivity contribution is 5.80. The molecule has 2 heterocycles. The fourth-order valence-electron chi connectivity index (χ4n) is 4.18. The van der Waals surface area contributed by atoms with Crippen LogP contribution in [0, 0.1) is 5.92 Å². The average molecular weight is 502 g/mol. The van der Waals surface area contributed by atoms with Crippen molar-refractivity contribution in [3.05, 3.63) is 66.4 Å². The van der Waals surface area contributed by atoms with Gasteiger partial charge in [-0.05, 0) is 36.2 Å². The lowest BCUT2D eigenvalue weighted by Crippen LogP contribution is -2.58. The van der Waals surface area contributed by atoms with Gasteiger partial charge in [-0.3, -0.25) is 4.79 Å². The van der Waals surface area contributed by atoms with Crippen molar-refractivity contribution >= 4 is 11.9 Å². The summed E-state index contributed by atoms with van der Waals surface area (Å²) in [5.41, 5.74) is 1.85. The molecule has 11 heteroatoms. The van der Waals surface area contributed by atoms with Crippen LogP contribution in [0.1, 0.15) is 19.4 Å². The molecule has 0 aliphatic carbocycles. The summed E-state index contributed by atoms with van der Waals surface area (Å²) in [6, 6.07) is 14.2. The Balaban J connectivity index is 1.52. The number of alkyl halides is 3. The van der Waals surface area contributed by atoms with E-state index in [1.165, 1.54) is 30.5 Å². The Labute approximate surface area is 206 Å². The summed E-state index contributed by atoms with van der Waals surface area (Å²) in [5, 5.41) is 7.98. The normalized spacial score (nSPS) is 16.3. The van der Waals surface area contributed by atoms with Gasteiger partial charge in [0.2, 0.25) is 5.91 Å². The Morgan fingerprint density at radius 2 is 1.75 bits per heavy atom. The van der Waals surface area contributed by atoms with E-state index in [0.29, 0.717) is 37.3 Å². The maximum Gasteiger partial charge on any atom is 0.573 e. The number of carbonyl (C=O) groups excluding carboxylic acids is 2. The molecular weight excluding hydrogens is 475 g/mol. The van der Waals surface area contributed by atoms with Crippen LogP contribution in [0.15, 0.2) is 60.8 Å². The first-order valence-electron chi connectivity index (χ1n) is 11.5. The molecular formula is C25H26F3N5O3. The van der Waals surface area contributed by atoms with Crippen LogP contribution < -0.4 is 4.74 Å². The lowest BCUT2D eigenvalue weighted by Gasteiger charge is -2.41. The molecule has 0 saturated carbocycles. The van der Waals surface area contributed by atoms with Gasteiger partial charge in [-0.15, -0.1) is 18.3 Å². The minimum atomic E-state index is -4.78. The highest BCUT2D eigenvalue weighted by Gasteiger charge is 2.34. The van der Waals surface area contributed by atoms with Gasteiger partial charge >= 0.3 is 12.4 Å². The first kappa shape index (κ1) is 25.2. The number of benzene rings is 2. The number of rotatable bonds is 5. The Hall–Kier alpha value is -3.89. The van der Waals surface area contributed by atoms with Gasteiger partial charge < -0.3 is 14.5 Å². The lowest BCUT2D eigenvalue weighted by atomic mass is 10.0. The molecule has 1 saturated heterocycles. The van der Waals surface area contributed by atoms with E-state index in [4.69, 9.17) is 0 Å². The van der Waals surface area contributed by atoms with Gasteiger partial charge in [0.25, 0.3) is 0 Å². The topological polar surface area (TPSA) is 80.6 Å². The van der Waals surface area contributed by atoms with E-state index in [1.807, 2.05) is 44.2 Å². The highest BCUT2D eigenvalue weighted by Crippen LogP contribution is 2.26. The number of piperazine rings is 1. The molecule has 1 aromatic heterocycles. The summed E-state index contributed by atoms with van der Waals surface area (Å²) in [6.07, 6.45) is -2.78. The molecule has 1 atom stereocenters. The number of ether oxygens (including phenoxy) is 1. The maximum atomic E-state index is 13.4. The quantitative estimate of drug-likeness (QED) is 0.523. The minimum Gasteiger partial charge on any atom is -0.406 e. The Kier molecular flexibility index (Phi) is 7.27. The van der Waals surface area contributed by atoms with Crippen molar-refractivity contribution in [3.8, 4) is 17.0 Å². The number of hydrogen-bond donors (Lipinski definition) is 0. The molecule has 1 aliphatic rings. The van der Waals surface area contributed by atoms with Crippen LogP contribution in [0.2, 0.25) is 0 Å². The van der Waals surface area contributed by atoms with Crippen LogP contribution in [-0.2, 0) is 11.2 Å². The second-order valence-electron chi connectivity index (χ2n) is 8.88. The van der Waals surface area contributed by atoms with Crippen LogP contribution in [0.3, 0.4) is 0 Å². The Morgan fingerprint density at radius 1 is 1.06 bits per heavy atom. The summed E-state index contributed by atoms with van der Waals surface area (Å²) in [5.74, 6) is -0.455. The molecule has 3 aromatic rings. The van der Waals surface area contributed by atoms with Gasteiger partial charge in [-0.25, -0.2) is 4.79 Å². The molecule has 2 aromatic carbocycles. The summed E-state index contributed by atoms with van der Waals surface area (Å²) in [6.45, 7) is 4.86. The maximum absolute atomic E-state index is 13.4. The molecule has 190 valence electrons. The molecule has 1 unspecified atom stereocenters. The number of nitrogens with zero attached hydrogens (tertiary/aromatic N) is 5. The van der Waals surface area contributed by atoms with Gasteiger partial charge in [0.15, 0.2) is 0 Å². The zero-order chi connectivity index (χ0) is 25.9. The van der Waals surface area contributed by atoms with E-state index in [9.17, 15) is 22.8 Å². The molecule has 2 amide bonds. The monoisotopic (exact) mass is 501 g/mol. The third kappa shape index (κ3) is 6.02. The number of aromatic nitrogens is 3. The van der Waals surface area contributed by atoms with Gasteiger partial charge in [-0.2, -0.15) is 4.68 Å². The molecule has 8 nitrogen and oxygen atoms in total. The van der Waals surface area contributed by atoms with Crippen molar-refractivity contribution in [2.24, 2.45) is 5.92 Å². The molecule has 0 radical (unpaired) electrons. The fraction of sp³-hybridized carbons (Fsp3) is 0.360. The largest absolute Gasteiger partial charge is 0.573 e. The first-order chi connectivity index (χ1) is 17.1. The second kappa shape index (κ2) is 10.4. The minimum absolute atomic E-state index is 0.0427. The van der Waals surface area contributed by atoms with Gasteiger partial charge in [-0.1, -0.05) is 49.4 Å². The summed E-state index contributed by atoms with van der Waals surface area (Å²) in [7, 11) is 0. The predicted molar refractivity (Wildman–Crippen MR) is 125 cm³/mol. The van der Waals surface area contributed by atoms with Crippen molar-refractivity contribution < 1.29 is 27.5 Å². The SMILES string of the molecule is CC(C)C(=O)N1CCN(C(=O)n2cc(-c3ccc(OC(F)(F)F)cc3)nn2)C(Cc2ccccc2)C1. The number of amides is 2. The molecule has 0 N–H and O–H groups in total. The van der Waals surface area contributed by atoms with Crippen molar-refractivity contribution in [1.29, 1.82) is 0 Å². The third-order valence-corrected chi connectivity index (χ3v) is 5.92. The smallest absolute Gasteiger partial charge is 0.406 e. The van der Waals surface area contributed by atoms with Crippen molar-refractivity contribution in [1.82, 2.24) is 24.8 Å². The van der Waals surface area contributed by atoms with E-state index in [-0.39, 0.29) is 29.6 Å². The van der Waals surface area contributed by atoms with Crippen molar-refractivity contribution in [2.75, 3.05) is 19.6 Å². The van der Waals surface area contributed by atoms with E-state index >= 15 is 0 Å². The Bertz CT molecular complexity index is 1200. The molecule has 1 fully saturated rings. The summed E-state index contributed by atoms with van der Waals surface area (Å²) in [4.78, 5) is 29.5. The van der Waals surface area contributed by atoms with Crippen molar-refractivity contribution in [2.45, 2.75) is 32.7 Å². The molecule has 4 rings (SSSR count). The van der Waals surface area contributed by atoms with Crippen LogP contribution >= 0.6 is 0 Å². The Morgan fingerprint density at radius 3 is 2.39 bits per heavy atom. The molecule has 0 spiro atoms. The fourth-order valence-corrected chi connectivity index (χ4v) is 4.18. The summed E-state index contributed by atoms with van der Waals surface area (Å²) < 4.78 is 42.2. The predicted octanol–water partition coefficient (Wildman–Crippen LogP) is 4.22. The zero-order valence-electron chi connectivity index (χ0n) is 19.9. The number of hydrogen-bond acceptors (Lipinski definition) is 5. The standard InChI is InChI=1S/C25H26F3N5O3/c1-17(2)23(34)31-12-13-32(20(15-31)14-18-6-4-3-5-7-18)24(35)33-16-22(29-30-33)19-8-10-21(11-9-19)36-25(26,27)28/h3-11,16-17,20H,12-15H2,1-2H3. The zero-order valence-corrected chi connectivity index (χ0v) is 19.9. The van der Waals surface area contributed by atoms with Crippen LogP contribution in [0.5, 0.6) is 5.75 Å². The molecule has 0 bridgehead atoms. The van der Waals surface area contributed by atoms with Crippen LogP contribution in [-0.4, -0.2) is 68.8 Å². The van der Waals surface area contributed by atoms with E-state index in [0.717, 1.165) is 10.2 Å². The highest BCUT2D eigenvalue weighted by atomic mass is 19.4. The van der Waals surface area contributed by atoms with E-state index in [2.05, 4.69) is 15.0 Å². The van der Waals surface area contributed by atoms with E-state index < -0.39 is 6.36 Å². The van der Waals surface area contributed by atoms with Crippen LogP contribution in [0.4, 0.5) is 18.0 Å². The van der Waals surface area contributed by atoms with E-state index in [1.54, 1.807) is 9.80 Å². The molecule has 1 aliphatic heterocycles. The second-order valence-corrected chi connectivity index (χ2v) is 8.88. The van der Waals surface area contributed by atoms with Gasteiger partial charge in [0, 0.05) is 31.1 Å². The number of halogens is 3. The average Bonchev–Trinajstić information content (AvgIpc) is 3.33. The van der Waals surface area contributed by atoms with Crippen molar-refractivity contribution in [3.63, 3.8) is 0 Å². The van der Waals surface area contributed by atoms with Crippen LogP contribution in [0.25, 0.3) is 11.3 Å². The lowest BCUT2D eigenvalue weighted by molar-refractivity contribution is -0.274. The summed E-state index contributed by atoms with van der Waals surface area (Å²) >= 11 is 0. The third-order valence-electron chi connectivity index (χ3n) is 5.92. The molecule has 36 heavy (non-hydrogen) atoms.